The zero-order valence-electron chi connectivity index (χ0n) is 15.0. The smallest absolute Gasteiger partial charge is 0.245 e. The van der Waals surface area contributed by atoms with E-state index < -0.39 is 15.1 Å². The van der Waals surface area contributed by atoms with Gasteiger partial charge in [-0.25, -0.2) is 8.42 Å². The Balaban J connectivity index is 1.79. The summed E-state index contributed by atoms with van der Waals surface area (Å²) >= 11 is 0. The van der Waals surface area contributed by atoms with E-state index in [0.717, 1.165) is 5.56 Å². The maximum Gasteiger partial charge on any atom is 0.245 e. The van der Waals surface area contributed by atoms with Crippen LogP contribution in [0.4, 0.5) is 0 Å². The second-order valence-electron chi connectivity index (χ2n) is 6.80. The van der Waals surface area contributed by atoms with E-state index in [9.17, 15) is 18.3 Å². The molecule has 0 unspecified atom stereocenters. The van der Waals surface area contributed by atoms with Crippen LogP contribution >= 0.6 is 0 Å². The van der Waals surface area contributed by atoms with Crippen LogP contribution in [0.2, 0.25) is 0 Å². The number of hydrogen-bond acceptors (Lipinski definition) is 5. The van der Waals surface area contributed by atoms with Gasteiger partial charge in [-0.15, -0.1) is 0 Å². The molecule has 1 atom stereocenters. The van der Waals surface area contributed by atoms with Crippen molar-refractivity contribution in [1.82, 2.24) is 15.1 Å². The van der Waals surface area contributed by atoms with Gasteiger partial charge in [0.15, 0.2) is 9.84 Å². The van der Waals surface area contributed by atoms with Crippen LogP contribution in [0.25, 0.3) is 22.0 Å². The molecule has 1 aliphatic rings. The van der Waals surface area contributed by atoms with Gasteiger partial charge in [0.1, 0.15) is 5.75 Å². The third kappa shape index (κ3) is 3.05. The number of aromatic amines is 1. The second-order valence-corrected chi connectivity index (χ2v) is 8.99. The summed E-state index contributed by atoms with van der Waals surface area (Å²) in [6, 6.07) is 10.0. The number of benzene rings is 2. The molecule has 7 nitrogen and oxygen atoms in total. The monoisotopic (exact) mass is 397 g/mol. The Hall–Kier alpha value is -3.13. The summed E-state index contributed by atoms with van der Waals surface area (Å²) in [7, 11) is -3.69. The minimum atomic E-state index is -3.69. The number of phenolic OH excluding ortho intramolecular Hbond substituents is 1. The lowest BCUT2D eigenvalue weighted by Gasteiger charge is -2.16. The fraction of sp³-hybridized carbons (Fsp3) is 0.200. The molecule has 1 saturated heterocycles. The molecule has 0 spiro atoms. The predicted molar refractivity (Wildman–Crippen MR) is 106 cm³/mol. The number of amides is 1. The van der Waals surface area contributed by atoms with Crippen molar-refractivity contribution < 1.29 is 18.3 Å². The van der Waals surface area contributed by atoms with Crippen molar-refractivity contribution in [3.8, 4) is 16.9 Å². The summed E-state index contributed by atoms with van der Waals surface area (Å²) in [6.45, 7) is 4.00. The number of aromatic hydroxyl groups is 1. The first-order valence-corrected chi connectivity index (χ1v) is 10.4. The number of carbonyl (C=O) groups is 1. The van der Waals surface area contributed by atoms with Gasteiger partial charge < -0.3 is 10.0 Å². The molecule has 28 heavy (non-hydrogen) atoms. The van der Waals surface area contributed by atoms with E-state index in [2.05, 4.69) is 16.8 Å². The number of nitrogens with one attached hydrogen (secondary N) is 1. The van der Waals surface area contributed by atoms with E-state index >= 15 is 0 Å². The minimum absolute atomic E-state index is 0.136. The van der Waals surface area contributed by atoms with E-state index in [4.69, 9.17) is 0 Å². The quantitative estimate of drug-likeness (QED) is 0.659. The average Bonchev–Trinajstić information content (AvgIpc) is 3.36. The van der Waals surface area contributed by atoms with Gasteiger partial charge in [-0.05, 0) is 47.9 Å². The number of carbonyl (C=O) groups excluding carboxylic acids is 1. The first-order chi connectivity index (χ1) is 13.4. The maximum atomic E-state index is 13.4. The van der Waals surface area contributed by atoms with Crippen LogP contribution < -0.4 is 0 Å². The number of nitrogens with zero attached hydrogens (tertiary/aromatic N) is 2. The maximum absolute atomic E-state index is 13.4. The van der Waals surface area contributed by atoms with Crippen LogP contribution in [-0.4, -0.2) is 52.9 Å². The molecule has 144 valence electrons. The Bertz CT molecular complexity index is 1170. The SMILES string of the molecule is C=CC(=O)N1CC[C@H](S(=O)(=O)c2cc(-c3ccc(O)cc3)cc3[nH]ncc23)C1. The van der Waals surface area contributed by atoms with Gasteiger partial charge in [-0.3, -0.25) is 9.89 Å². The van der Waals surface area contributed by atoms with Crippen molar-refractivity contribution in [1.29, 1.82) is 0 Å². The number of fused-ring (bicyclic) bond motifs is 1. The summed E-state index contributed by atoms with van der Waals surface area (Å²) in [4.78, 5) is 13.5. The lowest BCUT2D eigenvalue weighted by molar-refractivity contribution is -0.124. The molecule has 2 N–H and O–H groups in total. The summed E-state index contributed by atoms with van der Waals surface area (Å²) < 4.78 is 26.8. The molecular weight excluding hydrogens is 378 g/mol. The first-order valence-electron chi connectivity index (χ1n) is 8.82. The number of phenols is 1. The standard InChI is InChI=1S/C20H19N3O4S/c1-2-20(25)23-8-7-16(12-23)28(26,27)19-10-14(9-18-17(19)11-21-22-18)13-3-5-15(24)6-4-13/h2-6,9-11,16,24H,1,7-8,12H2,(H,21,22)/t16-/m0/s1. The molecule has 0 saturated carbocycles. The molecule has 3 aromatic rings. The molecule has 1 amide bonds. The number of rotatable bonds is 4. The largest absolute Gasteiger partial charge is 0.508 e. The summed E-state index contributed by atoms with van der Waals surface area (Å²) in [6.07, 6.45) is 3.09. The van der Waals surface area contributed by atoms with Gasteiger partial charge in [-0.2, -0.15) is 5.10 Å². The highest BCUT2D eigenvalue weighted by molar-refractivity contribution is 7.92. The summed E-state index contributed by atoms with van der Waals surface area (Å²) in [5, 5.41) is 16.2. The molecular formula is C20H19N3O4S. The Kier molecular flexibility index (Phi) is 4.43. The third-order valence-electron chi connectivity index (χ3n) is 5.10. The number of hydrogen-bond donors (Lipinski definition) is 2. The van der Waals surface area contributed by atoms with Crippen molar-refractivity contribution in [2.24, 2.45) is 0 Å². The minimum Gasteiger partial charge on any atom is -0.508 e. The van der Waals surface area contributed by atoms with E-state index in [-0.39, 0.29) is 23.1 Å². The van der Waals surface area contributed by atoms with E-state index in [0.29, 0.717) is 29.4 Å². The van der Waals surface area contributed by atoms with Crippen molar-refractivity contribution in [2.75, 3.05) is 13.1 Å². The molecule has 0 aliphatic carbocycles. The Labute approximate surface area is 162 Å². The van der Waals surface area contributed by atoms with Crippen molar-refractivity contribution >= 4 is 26.6 Å². The van der Waals surface area contributed by atoms with Crippen molar-refractivity contribution in [2.45, 2.75) is 16.6 Å². The predicted octanol–water partition coefficient (Wildman–Crippen LogP) is 2.50. The van der Waals surface area contributed by atoms with Gasteiger partial charge in [0.2, 0.25) is 5.91 Å². The lowest BCUT2D eigenvalue weighted by atomic mass is 10.0. The Morgan fingerprint density at radius 3 is 2.71 bits per heavy atom. The molecule has 1 aliphatic heterocycles. The van der Waals surface area contributed by atoms with Gasteiger partial charge in [0.05, 0.1) is 21.9 Å². The molecule has 8 heteroatoms. The van der Waals surface area contributed by atoms with E-state index in [1.54, 1.807) is 30.3 Å². The molecule has 2 aromatic carbocycles. The first kappa shape index (κ1) is 18.2. The number of aromatic nitrogens is 2. The van der Waals surface area contributed by atoms with Crippen LogP contribution in [0.15, 0.2) is 60.1 Å². The van der Waals surface area contributed by atoms with Crippen LogP contribution in [0.3, 0.4) is 0 Å². The summed E-state index contributed by atoms with van der Waals surface area (Å²) in [5.41, 5.74) is 2.09. The highest BCUT2D eigenvalue weighted by atomic mass is 32.2. The van der Waals surface area contributed by atoms with E-state index in [1.165, 1.54) is 17.2 Å². The number of likely N-dealkylation sites (tertiary alicyclic amines) is 1. The summed E-state index contributed by atoms with van der Waals surface area (Å²) in [5.74, 6) is -0.124. The topological polar surface area (TPSA) is 103 Å². The highest BCUT2D eigenvalue weighted by Crippen LogP contribution is 2.34. The molecule has 2 heterocycles. The van der Waals surface area contributed by atoms with Gasteiger partial charge in [-0.1, -0.05) is 18.7 Å². The highest BCUT2D eigenvalue weighted by Gasteiger charge is 2.36. The molecule has 0 bridgehead atoms. The van der Waals surface area contributed by atoms with Crippen molar-refractivity contribution in [3.63, 3.8) is 0 Å². The van der Waals surface area contributed by atoms with Crippen LogP contribution in [-0.2, 0) is 14.6 Å². The van der Waals surface area contributed by atoms with Crippen molar-refractivity contribution in [3.05, 3.63) is 55.3 Å². The van der Waals surface area contributed by atoms with Crippen LogP contribution in [0.5, 0.6) is 5.75 Å². The molecule has 0 radical (unpaired) electrons. The van der Waals surface area contributed by atoms with Gasteiger partial charge in [0.25, 0.3) is 0 Å². The molecule has 1 aromatic heterocycles. The van der Waals surface area contributed by atoms with Crippen LogP contribution in [0.1, 0.15) is 6.42 Å². The molecule has 4 rings (SSSR count). The Morgan fingerprint density at radius 1 is 1.25 bits per heavy atom. The third-order valence-corrected chi connectivity index (χ3v) is 7.31. The zero-order valence-corrected chi connectivity index (χ0v) is 15.8. The van der Waals surface area contributed by atoms with Gasteiger partial charge >= 0.3 is 0 Å². The van der Waals surface area contributed by atoms with Gasteiger partial charge in [0, 0.05) is 18.5 Å². The number of H-pyrrole nitrogens is 1. The average molecular weight is 397 g/mol. The number of sulfone groups is 1. The fourth-order valence-corrected chi connectivity index (χ4v) is 5.48. The molecule has 1 fully saturated rings. The fourth-order valence-electron chi connectivity index (χ4n) is 3.56. The lowest BCUT2D eigenvalue weighted by Crippen LogP contribution is -2.30. The second kappa shape index (κ2) is 6.79. The van der Waals surface area contributed by atoms with Crippen LogP contribution in [0, 0.1) is 0 Å². The zero-order chi connectivity index (χ0) is 19.9. The Morgan fingerprint density at radius 2 is 2.00 bits per heavy atom. The normalized spacial score (nSPS) is 17.1. The van der Waals surface area contributed by atoms with E-state index in [1.807, 2.05) is 6.07 Å².